The van der Waals surface area contributed by atoms with E-state index in [1.165, 1.54) is 18.3 Å². The molecule has 140 valence electrons. The van der Waals surface area contributed by atoms with E-state index in [1.807, 2.05) is 6.92 Å². The minimum absolute atomic E-state index is 0.0142. The molecular formula is C16H16ClF3N4O2. The molecule has 3 unspecified atom stereocenters. The fraction of sp³-hybridized carbons (Fsp3) is 0.438. The molecule has 1 aliphatic rings. The first-order valence-electron chi connectivity index (χ1n) is 7.91. The molecule has 0 aliphatic carbocycles. The van der Waals surface area contributed by atoms with Crippen LogP contribution >= 0.6 is 11.6 Å². The number of pyridine rings is 1. The zero-order valence-corrected chi connectivity index (χ0v) is 14.7. The van der Waals surface area contributed by atoms with E-state index < -0.39 is 23.3 Å². The first kappa shape index (κ1) is 18.7. The summed E-state index contributed by atoms with van der Waals surface area (Å²) in [5.74, 6) is -1.07. The van der Waals surface area contributed by atoms with Gasteiger partial charge in [0.25, 0.3) is 5.91 Å². The summed E-state index contributed by atoms with van der Waals surface area (Å²) in [5, 5.41) is 6.28. The molecule has 0 saturated carbocycles. The zero-order chi connectivity index (χ0) is 19.1. The second kappa shape index (κ2) is 6.88. The largest absolute Gasteiger partial charge is 0.434 e. The van der Waals surface area contributed by atoms with Crippen molar-refractivity contribution in [1.82, 2.24) is 20.1 Å². The predicted molar refractivity (Wildman–Crippen MR) is 87.3 cm³/mol. The lowest BCUT2D eigenvalue weighted by Gasteiger charge is -2.17. The Hall–Kier alpha value is -2.13. The van der Waals surface area contributed by atoms with Crippen LogP contribution in [-0.4, -0.2) is 38.9 Å². The molecule has 26 heavy (non-hydrogen) atoms. The lowest BCUT2D eigenvalue weighted by atomic mass is 10.1. The topological polar surface area (TPSA) is 69.0 Å². The van der Waals surface area contributed by atoms with Crippen molar-refractivity contribution in [3.05, 3.63) is 40.8 Å². The molecular weight excluding hydrogens is 373 g/mol. The number of carbonyl (C=O) groups is 1. The second-order valence-electron chi connectivity index (χ2n) is 6.09. The van der Waals surface area contributed by atoms with Crippen molar-refractivity contribution in [2.24, 2.45) is 0 Å². The summed E-state index contributed by atoms with van der Waals surface area (Å²) >= 11 is 5.93. The Labute approximate surface area is 152 Å². The van der Waals surface area contributed by atoms with Crippen LogP contribution in [0, 0.1) is 0 Å². The van der Waals surface area contributed by atoms with E-state index in [-0.39, 0.29) is 29.1 Å². The molecule has 6 nitrogen and oxygen atoms in total. The van der Waals surface area contributed by atoms with Gasteiger partial charge in [0.2, 0.25) is 0 Å². The van der Waals surface area contributed by atoms with Gasteiger partial charge in [-0.25, -0.2) is 9.67 Å². The molecule has 2 aromatic heterocycles. The van der Waals surface area contributed by atoms with Crippen LogP contribution in [0.2, 0.25) is 5.02 Å². The molecule has 3 rings (SSSR count). The van der Waals surface area contributed by atoms with E-state index in [2.05, 4.69) is 15.4 Å². The number of hydrogen-bond acceptors (Lipinski definition) is 4. The van der Waals surface area contributed by atoms with Crippen LogP contribution in [0.25, 0.3) is 5.82 Å². The number of nitrogens with one attached hydrogen (secondary N) is 1. The smallest absolute Gasteiger partial charge is 0.373 e. The highest BCUT2D eigenvalue weighted by Gasteiger charge is 2.42. The highest BCUT2D eigenvalue weighted by Crippen LogP contribution is 2.34. The first-order valence-corrected chi connectivity index (χ1v) is 8.28. The summed E-state index contributed by atoms with van der Waals surface area (Å²) in [6.07, 6.45) is -2.51. The maximum absolute atomic E-state index is 13.6. The van der Waals surface area contributed by atoms with Gasteiger partial charge in [0.15, 0.2) is 11.5 Å². The molecule has 0 spiro atoms. The summed E-state index contributed by atoms with van der Waals surface area (Å²) in [4.78, 5) is 16.3. The molecule has 0 radical (unpaired) electrons. The third kappa shape index (κ3) is 3.54. The van der Waals surface area contributed by atoms with Crippen molar-refractivity contribution in [2.45, 2.75) is 44.7 Å². The standard InChI is InChI=1S/C16H16ClF3N4O2/c1-8-6-12(9(2)26-8)23-15(25)10-7-22-24(13(10)16(18,19)20)14-11(17)4-3-5-21-14/h3-5,7-9,12H,6H2,1-2H3,(H,23,25). The van der Waals surface area contributed by atoms with Gasteiger partial charge in [0.1, 0.15) is 0 Å². The van der Waals surface area contributed by atoms with Crippen molar-refractivity contribution >= 4 is 17.5 Å². The van der Waals surface area contributed by atoms with Gasteiger partial charge in [0, 0.05) is 6.20 Å². The fourth-order valence-electron chi connectivity index (χ4n) is 2.97. The van der Waals surface area contributed by atoms with E-state index in [0.29, 0.717) is 11.1 Å². The average molecular weight is 389 g/mol. The number of carbonyl (C=O) groups excluding carboxylic acids is 1. The molecule has 0 bridgehead atoms. The molecule has 1 amide bonds. The maximum Gasteiger partial charge on any atom is 0.434 e. The van der Waals surface area contributed by atoms with Crippen LogP contribution in [0.3, 0.4) is 0 Å². The molecule has 1 saturated heterocycles. The highest BCUT2D eigenvalue weighted by atomic mass is 35.5. The van der Waals surface area contributed by atoms with Gasteiger partial charge in [-0.2, -0.15) is 18.3 Å². The summed E-state index contributed by atoms with van der Waals surface area (Å²) < 4.78 is 47.0. The number of rotatable bonds is 3. The van der Waals surface area contributed by atoms with Crippen molar-refractivity contribution in [3.8, 4) is 5.82 Å². The monoisotopic (exact) mass is 388 g/mol. The Balaban J connectivity index is 1.98. The molecule has 10 heteroatoms. The van der Waals surface area contributed by atoms with E-state index in [4.69, 9.17) is 16.3 Å². The zero-order valence-electron chi connectivity index (χ0n) is 13.9. The van der Waals surface area contributed by atoms with Gasteiger partial charge >= 0.3 is 6.18 Å². The third-order valence-corrected chi connectivity index (χ3v) is 4.43. The van der Waals surface area contributed by atoms with Gasteiger partial charge in [-0.3, -0.25) is 4.79 Å². The number of alkyl halides is 3. The molecule has 2 aromatic rings. The Morgan fingerprint density at radius 3 is 2.73 bits per heavy atom. The molecule has 1 aliphatic heterocycles. The number of hydrogen-bond donors (Lipinski definition) is 1. The van der Waals surface area contributed by atoms with Crippen LogP contribution < -0.4 is 5.32 Å². The minimum atomic E-state index is -4.82. The van der Waals surface area contributed by atoms with Crippen molar-refractivity contribution in [2.75, 3.05) is 0 Å². The molecule has 3 heterocycles. The number of ether oxygens (including phenoxy) is 1. The Morgan fingerprint density at radius 1 is 1.42 bits per heavy atom. The lowest BCUT2D eigenvalue weighted by Crippen LogP contribution is -2.39. The van der Waals surface area contributed by atoms with Crippen molar-refractivity contribution in [1.29, 1.82) is 0 Å². The van der Waals surface area contributed by atoms with Gasteiger partial charge < -0.3 is 10.1 Å². The SMILES string of the molecule is CC1CC(NC(=O)c2cnn(-c3ncccc3Cl)c2C(F)(F)F)C(C)O1. The van der Waals surface area contributed by atoms with Crippen LogP contribution in [0.4, 0.5) is 13.2 Å². The van der Waals surface area contributed by atoms with Crippen LogP contribution in [-0.2, 0) is 10.9 Å². The third-order valence-electron chi connectivity index (χ3n) is 4.14. The minimum Gasteiger partial charge on any atom is -0.373 e. The summed E-state index contributed by atoms with van der Waals surface area (Å²) in [6.45, 7) is 3.60. The Morgan fingerprint density at radius 2 is 2.15 bits per heavy atom. The number of aromatic nitrogens is 3. The van der Waals surface area contributed by atoms with Crippen LogP contribution in [0.1, 0.15) is 36.3 Å². The number of amides is 1. The lowest BCUT2D eigenvalue weighted by molar-refractivity contribution is -0.143. The van der Waals surface area contributed by atoms with E-state index in [0.717, 1.165) is 6.20 Å². The van der Waals surface area contributed by atoms with E-state index >= 15 is 0 Å². The van der Waals surface area contributed by atoms with Gasteiger partial charge in [-0.15, -0.1) is 0 Å². The van der Waals surface area contributed by atoms with Crippen LogP contribution in [0.15, 0.2) is 24.5 Å². The summed E-state index contributed by atoms with van der Waals surface area (Å²) in [5.41, 5.74) is -1.82. The fourth-order valence-corrected chi connectivity index (χ4v) is 3.17. The normalized spacial score (nSPS) is 23.2. The quantitative estimate of drug-likeness (QED) is 0.876. The average Bonchev–Trinajstić information content (AvgIpc) is 3.11. The van der Waals surface area contributed by atoms with E-state index in [1.54, 1.807) is 6.92 Å². The first-order chi connectivity index (χ1) is 12.2. The Kier molecular flexibility index (Phi) is 4.94. The molecule has 1 fully saturated rings. The van der Waals surface area contributed by atoms with E-state index in [9.17, 15) is 18.0 Å². The van der Waals surface area contributed by atoms with Crippen LogP contribution in [0.5, 0.6) is 0 Å². The molecule has 1 N–H and O–H groups in total. The maximum atomic E-state index is 13.6. The van der Waals surface area contributed by atoms with Gasteiger partial charge in [0.05, 0.1) is 35.0 Å². The van der Waals surface area contributed by atoms with Gasteiger partial charge in [-0.05, 0) is 32.4 Å². The Bertz CT molecular complexity index is 824. The molecule has 0 aromatic carbocycles. The highest BCUT2D eigenvalue weighted by molar-refractivity contribution is 6.32. The second-order valence-corrected chi connectivity index (χ2v) is 6.50. The van der Waals surface area contributed by atoms with Gasteiger partial charge in [-0.1, -0.05) is 11.6 Å². The number of halogens is 4. The summed E-state index contributed by atoms with van der Waals surface area (Å²) in [6, 6.07) is 2.50. The number of nitrogens with zero attached hydrogens (tertiary/aromatic N) is 3. The van der Waals surface area contributed by atoms with Crippen molar-refractivity contribution < 1.29 is 22.7 Å². The predicted octanol–water partition coefficient (Wildman–Crippen LogP) is 3.24. The van der Waals surface area contributed by atoms with Crippen molar-refractivity contribution in [3.63, 3.8) is 0 Å². The summed E-state index contributed by atoms with van der Waals surface area (Å²) in [7, 11) is 0. The molecule has 3 atom stereocenters.